The van der Waals surface area contributed by atoms with Crippen molar-refractivity contribution in [2.24, 2.45) is 0 Å². The van der Waals surface area contributed by atoms with Gasteiger partial charge in [0.25, 0.3) is 0 Å². The SMILES string of the molecule is CC(C)c1cc(-c2ccc(Sc3ccc(-c4ccc(O)c(C(C)C)c4)c(NC(=O)Oc4ccccc4)c3)cc2NC(=O)Oc2ccccc2)ccc1O. The molecule has 6 aromatic rings. The Labute approximate surface area is 313 Å². The van der Waals surface area contributed by atoms with Crippen molar-refractivity contribution in [3.8, 4) is 45.3 Å². The molecule has 4 N–H and O–H groups in total. The summed E-state index contributed by atoms with van der Waals surface area (Å²) in [4.78, 5) is 27.9. The average Bonchev–Trinajstić information content (AvgIpc) is 3.13. The molecular formula is C44H40N2O6S. The van der Waals surface area contributed by atoms with Gasteiger partial charge in [-0.2, -0.15) is 0 Å². The summed E-state index contributed by atoms with van der Waals surface area (Å²) in [6, 6.07) is 39.9. The fourth-order valence-electron chi connectivity index (χ4n) is 5.85. The Morgan fingerprint density at radius 1 is 0.528 bits per heavy atom. The molecule has 53 heavy (non-hydrogen) atoms. The minimum atomic E-state index is -0.648. The molecule has 0 heterocycles. The molecule has 0 spiro atoms. The van der Waals surface area contributed by atoms with E-state index in [1.165, 1.54) is 11.8 Å². The van der Waals surface area contributed by atoms with Crippen LogP contribution in [0.15, 0.2) is 143 Å². The minimum Gasteiger partial charge on any atom is -0.508 e. The van der Waals surface area contributed by atoms with E-state index in [0.29, 0.717) is 22.9 Å². The lowest BCUT2D eigenvalue weighted by atomic mass is 9.95. The topological polar surface area (TPSA) is 117 Å². The van der Waals surface area contributed by atoms with E-state index in [1.54, 1.807) is 60.7 Å². The molecule has 0 aliphatic rings. The van der Waals surface area contributed by atoms with Gasteiger partial charge in [0.1, 0.15) is 23.0 Å². The fraction of sp³-hybridized carbons (Fsp3) is 0.136. The van der Waals surface area contributed by atoms with Gasteiger partial charge in [-0.05, 0) is 107 Å². The van der Waals surface area contributed by atoms with E-state index in [9.17, 15) is 19.8 Å². The molecule has 268 valence electrons. The van der Waals surface area contributed by atoms with Crippen LogP contribution in [0.3, 0.4) is 0 Å². The first kappa shape index (κ1) is 36.6. The molecule has 0 aromatic heterocycles. The lowest BCUT2D eigenvalue weighted by Gasteiger charge is -2.17. The quantitative estimate of drug-likeness (QED) is 0.111. The number of phenolic OH excluding ortho intramolecular Hbond substituents is 2. The number of anilines is 2. The molecule has 0 bridgehead atoms. The van der Waals surface area contributed by atoms with E-state index < -0.39 is 12.2 Å². The van der Waals surface area contributed by atoms with Crippen molar-refractivity contribution in [3.05, 3.63) is 145 Å². The summed E-state index contributed by atoms with van der Waals surface area (Å²) in [5.41, 5.74) is 5.75. The van der Waals surface area contributed by atoms with Gasteiger partial charge in [0.15, 0.2) is 0 Å². The van der Waals surface area contributed by atoms with Gasteiger partial charge in [0.2, 0.25) is 0 Å². The number of para-hydroxylation sites is 2. The lowest BCUT2D eigenvalue weighted by molar-refractivity contribution is 0.214. The van der Waals surface area contributed by atoms with Crippen LogP contribution in [0.25, 0.3) is 22.3 Å². The highest BCUT2D eigenvalue weighted by Crippen LogP contribution is 2.41. The predicted molar refractivity (Wildman–Crippen MR) is 212 cm³/mol. The standard InChI is InChI=1S/C44H40N2O6S/c1-27(2)37-23-29(15-21-41(37)47)35-19-17-33(25-39(35)45-43(49)51-31-11-7-5-8-12-31)53-34-18-20-36(30-16-22-42(48)38(24-30)28(3)4)40(26-34)46-44(50)52-32-13-9-6-10-14-32/h5-28,47-48H,1-4H3,(H,45,49)(H,46,50). The smallest absolute Gasteiger partial charge is 0.417 e. The molecule has 0 unspecified atom stereocenters. The van der Waals surface area contributed by atoms with Gasteiger partial charge < -0.3 is 19.7 Å². The van der Waals surface area contributed by atoms with Gasteiger partial charge >= 0.3 is 12.2 Å². The molecule has 0 atom stereocenters. The maximum atomic E-state index is 13.2. The third-order valence-corrected chi connectivity index (χ3v) is 9.50. The summed E-state index contributed by atoms with van der Waals surface area (Å²) in [5.74, 6) is 1.40. The van der Waals surface area contributed by atoms with Gasteiger partial charge in [-0.15, -0.1) is 0 Å². The molecule has 0 aliphatic carbocycles. The Hall–Kier alpha value is -6.19. The van der Waals surface area contributed by atoms with Crippen molar-refractivity contribution in [3.63, 3.8) is 0 Å². The summed E-state index contributed by atoms with van der Waals surface area (Å²) in [7, 11) is 0. The van der Waals surface area contributed by atoms with Crippen molar-refractivity contribution >= 4 is 35.3 Å². The largest absolute Gasteiger partial charge is 0.508 e. The first-order valence-corrected chi connectivity index (χ1v) is 18.1. The van der Waals surface area contributed by atoms with Gasteiger partial charge in [-0.25, -0.2) is 9.59 Å². The van der Waals surface area contributed by atoms with Crippen molar-refractivity contribution in [2.45, 2.75) is 49.3 Å². The van der Waals surface area contributed by atoms with Crippen LogP contribution in [0.2, 0.25) is 0 Å². The number of nitrogens with one attached hydrogen (secondary N) is 2. The van der Waals surface area contributed by atoms with Crippen molar-refractivity contribution in [2.75, 3.05) is 10.6 Å². The summed E-state index contributed by atoms with van der Waals surface area (Å²) in [5, 5.41) is 26.8. The number of aromatic hydroxyl groups is 2. The van der Waals surface area contributed by atoms with E-state index in [0.717, 1.165) is 43.2 Å². The van der Waals surface area contributed by atoms with E-state index >= 15 is 0 Å². The molecular weight excluding hydrogens is 685 g/mol. The van der Waals surface area contributed by atoms with E-state index in [2.05, 4.69) is 10.6 Å². The van der Waals surface area contributed by atoms with Crippen molar-refractivity contribution < 1.29 is 29.3 Å². The number of phenols is 2. The molecule has 0 fully saturated rings. The average molecular weight is 725 g/mol. The highest BCUT2D eigenvalue weighted by Gasteiger charge is 2.18. The Morgan fingerprint density at radius 2 is 0.925 bits per heavy atom. The second-order valence-corrected chi connectivity index (χ2v) is 14.2. The van der Waals surface area contributed by atoms with E-state index in [4.69, 9.17) is 9.47 Å². The molecule has 6 rings (SSSR count). The zero-order valence-electron chi connectivity index (χ0n) is 29.8. The molecule has 6 aromatic carbocycles. The Kier molecular flexibility index (Phi) is 11.3. The van der Waals surface area contributed by atoms with Crippen LogP contribution in [0.4, 0.5) is 21.0 Å². The van der Waals surface area contributed by atoms with Gasteiger partial charge in [0.05, 0.1) is 11.4 Å². The number of hydrogen-bond acceptors (Lipinski definition) is 7. The third kappa shape index (κ3) is 9.19. The maximum Gasteiger partial charge on any atom is 0.417 e. The monoisotopic (exact) mass is 724 g/mol. The Bertz CT molecular complexity index is 2080. The summed E-state index contributed by atoms with van der Waals surface area (Å²) >= 11 is 1.44. The molecule has 0 aliphatic heterocycles. The van der Waals surface area contributed by atoms with Crippen LogP contribution in [0.1, 0.15) is 50.7 Å². The van der Waals surface area contributed by atoms with E-state index in [1.807, 2.05) is 100 Å². The zero-order valence-corrected chi connectivity index (χ0v) is 30.6. The molecule has 2 amide bonds. The molecule has 0 radical (unpaired) electrons. The van der Waals surface area contributed by atoms with Crippen LogP contribution in [-0.2, 0) is 0 Å². The van der Waals surface area contributed by atoms with Crippen LogP contribution < -0.4 is 20.1 Å². The number of amides is 2. The first-order valence-electron chi connectivity index (χ1n) is 17.2. The number of hydrogen-bond donors (Lipinski definition) is 4. The summed E-state index contributed by atoms with van der Waals surface area (Å²) in [6.07, 6.45) is -1.30. The zero-order chi connectivity index (χ0) is 37.5. The third-order valence-electron chi connectivity index (χ3n) is 8.52. The summed E-state index contributed by atoms with van der Waals surface area (Å²) in [6.45, 7) is 8.04. The number of benzene rings is 6. The van der Waals surface area contributed by atoms with Crippen molar-refractivity contribution in [1.29, 1.82) is 0 Å². The van der Waals surface area contributed by atoms with E-state index in [-0.39, 0.29) is 23.3 Å². The fourth-order valence-corrected chi connectivity index (χ4v) is 6.75. The lowest BCUT2D eigenvalue weighted by Crippen LogP contribution is -2.17. The number of ether oxygens (including phenoxy) is 2. The molecule has 0 saturated carbocycles. The number of rotatable bonds is 10. The van der Waals surface area contributed by atoms with Crippen LogP contribution in [-0.4, -0.2) is 22.4 Å². The van der Waals surface area contributed by atoms with Crippen molar-refractivity contribution in [1.82, 2.24) is 0 Å². The normalized spacial score (nSPS) is 11.0. The van der Waals surface area contributed by atoms with Crippen LogP contribution in [0, 0.1) is 0 Å². The second kappa shape index (κ2) is 16.4. The molecule has 0 saturated heterocycles. The highest BCUT2D eigenvalue weighted by atomic mass is 32.2. The maximum absolute atomic E-state index is 13.2. The molecule has 8 nitrogen and oxygen atoms in total. The van der Waals surface area contributed by atoms with Gasteiger partial charge in [-0.3, -0.25) is 10.6 Å². The van der Waals surface area contributed by atoms with Crippen LogP contribution in [0.5, 0.6) is 23.0 Å². The minimum absolute atomic E-state index is 0.0820. The number of carbonyl (C=O) groups is 2. The summed E-state index contributed by atoms with van der Waals surface area (Å²) < 4.78 is 11.1. The Balaban J connectivity index is 1.36. The predicted octanol–water partition coefficient (Wildman–Crippen LogP) is 12.1. The highest BCUT2D eigenvalue weighted by molar-refractivity contribution is 7.99. The van der Waals surface area contributed by atoms with Crippen LogP contribution >= 0.6 is 11.8 Å². The first-order chi connectivity index (χ1) is 25.5. The Morgan fingerprint density at radius 3 is 1.30 bits per heavy atom. The number of carbonyl (C=O) groups excluding carboxylic acids is 2. The molecule has 9 heteroatoms. The van der Waals surface area contributed by atoms with Gasteiger partial charge in [0, 0.05) is 20.9 Å². The second-order valence-electron chi connectivity index (χ2n) is 13.0. The van der Waals surface area contributed by atoms with Gasteiger partial charge in [-0.1, -0.05) is 100 Å².